The first-order valence-electron chi connectivity index (χ1n) is 6.49. The van der Waals surface area contributed by atoms with Crippen molar-refractivity contribution in [1.29, 1.82) is 10.5 Å². The van der Waals surface area contributed by atoms with Crippen molar-refractivity contribution in [3.63, 3.8) is 0 Å². The summed E-state index contributed by atoms with van der Waals surface area (Å²) in [5.74, 6) is -1.44. The van der Waals surface area contributed by atoms with E-state index in [0.29, 0.717) is 17.9 Å². The first-order chi connectivity index (χ1) is 10.1. The Bertz CT molecular complexity index is 690. The Morgan fingerprint density at radius 1 is 1.14 bits per heavy atom. The fourth-order valence-electron chi connectivity index (χ4n) is 3.23. The van der Waals surface area contributed by atoms with Crippen LogP contribution >= 0.6 is 0 Å². The quantitative estimate of drug-likeness (QED) is 0.827. The Kier molecular flexibility index (Phi) is 2.54. The van der Waals surface area contributed by atoms with Gasteiger partial charge < -0.3 is 4.74 Å². The van der Waals surface area contributed by atoms with Crippen LogP contribution in [0.2, 0.25) is 0 Å². The second-order valence-corrected chi connectivity index (χ2v) is 5.06. The zero-order valence-corrected chi connectivity index (χ0v) is 11.2. The lowest BCUT2D eigenvalue weighted by Gasteiger charge is -2.09. The maximum atomic E-state index is 12.0. The van der Waals surface area contributed by atoms with Crippen molar-refractivity contribution in [1.82, 2.24) is 5.32 Å². The monoisotopic (exact) mass is 281 g/mol. The van der Waals surface area contributed by atoms with Crippen LogP contribution in [0.4, 0.5) is 0 Å². The standard InChI is InChI=1S/C15H11N3O3/c1-2-21-10-5-3-9(4-6-10)11-14(7-16)12(19)18-13(20)15(11,14)8-17/h3-6,11H,2H2,1H3,(H,18,19,20)/t11?,14-,15+. The molecular formula is C15H11N3O3. The molecule has 1 aliphatic carbocycles. The van der Waals surface area contributed by atoms with E-state index in [1.807, 2.05) is 19.1 Å². The first-order valence-corrected chi connectivity index (χ1v) is 6.49. The minimum atomic E-state index is -1.61. The lowest BCUT2D eigenvalue weighted by atomic mass is 9.98. The van der Waals surface area contributed by atoms with Crippen LogP contribution in [-0.4, -0.2) is 18.4 Å². The highest BCUT2D eigenvalue weighted by Gasteiger charge is 2.90. The third kappa shape index (κ3) is 1.29. The van der Waals surface area contributed by atoms with E-state index in [-0.39, 0.29) is 0 Å². The van der Waals surface area contributed by atoms with E-state index < -0.39 is 28.6 Å². The average Bonchev–Trinajstić information content (AvgIpc) is 3.06. The van der Waals surface area contributed by atoms with Crippen LogP contribution in [0, 0.1) is 33.5 Å². The van der Waals surface area contributed by atoms with Crippen molar-refractivity contribution in [3.8, 4) is 17.9 Å². The third-order valence-electron chi connectivity index (χ3n) is 4.23. The number of carbonyl (C=O) groups excluding carboxylic acids is 2. The molecule has 3 rings (SSSR count). The molecule has 0 aromatic heterocycles. The van der Waals surface area contributed by atoms with Gasteiger partial charge in [-0.05, 0) is 24.6 Å². The molecule has 1 N–H and O–H groups in total. The maximum Gasteiger partial charge on any atom is 0.250 e. The number of fused-ring (bicyclic) bond motifs is 1. The molecule has 6 heteroatoms. The molecule has 1 heterocycles. The Morgan fingerprint density at radius 3 is 2.10 bits per heavy atom. The van der Waals surface area contributed by atoms with Gasteiger partial charge in [-0.3, -0.25) is 14.9 Å². The predicted molar refractivity (Wildman–Crippen MR) is 69.6 cm³/mol. The number of imide groups is 1. The summed E-state index contributed by atoms with van der Waals surface area (Å²) < 4.78 is 5.32. The summed E-state index contributed by atoms with van der Waals surface area (Å²) in [4.78, 5) is 23.9. The number of hydrogen-bond donors (Lipinski definition) is 1. The average molecular weight is 281 g/mol. The second-order valence-electron chi connectivity index (χ2n) is 5.06. The molecule has 0 radical (unpaired) electrons. The largest absolute Gasteiger partial charge is 0.494 e. The summed E-state index contributed by atoms with van der Waals surface area (Å²) in [7, 11) is 0. The summed E-state index contributed by atoms with van der Waals surface area (Å²) in [5, 5.41) is 20.9. The normalized spacial score (nSPS) is 32.6. The van der Waals surface area contributed by atoms with Gasteiger partial charge in [-0.15, -0.1) is 0 Å². The van der Waals surface area contributed by atoms with Gasteiger partial charge in [0.25, 0.3) is 0 Å². The summed E-state index contributed by atoms with van der Waals surface area (Å²) in [5.41, 5.74) is -2.59. The van der Waals surface area contributed by atoms with Gasteiger partial charge in [-0.25, -0.2) is 0 Å². The Labute approximate surface area is 120 Å². The minimum absolute atomic E-state index is 0.522. The number of carbonyl (C=O) groups is 2. The van der Waals surface area contributed by atoms with Gasteiger partial charge in [0.2, 0.25) is 11.8 Å². The molecule has 1 aliphatic heterocycles. The van der Waals surface area contributed by atoms with Crippen molar-refractivity contribution in [2.45, 2.75) is 12.8 Å². The number of piperidine rings is 1. The number of nitrogens with one attached hydrogen (secondary N) is 1. The molecule has 1 aromatic rings. The number of hydrogen-bond acceptors (Lipinski definition) is 5. The van der Waals surface area contributed by atoms with Gasteiger partial charge in [-0.1, -0.05) is 12.1 Å². The van der Waals surface area contributed by atoms with Crippen LogP contribution in [0.1, 0.15) is 18.4 Å². The SMILES string of the molecule is CCOc1ccc(C2[C@]3(C#N)C(=O)NC(=O)[C@]23C#N)cc1. The molecule has 0 bridgehead atoms. The molecule has 21 heavy (non-hydrogen) atoms. The summed E-state index contributed by atoms with van der Waals surface area (Å²) >= 11 is 0. The highest BCUT2D eigenvalue weighted by molar-refractivity contribution is 6.19. The van der Waals surface area contributed by atoms with Crippen molar-refractivity contribution in [3.05, 3.63) is 29.8 Å². The van der Waals surface area contributed by atoms with Crippen LogP contribution in [0.25, 0.3) is 0 Å². The van der Waals surface area contributed by atoms with Crippen LogP contribution in [0.5, 0.6) is 5.75 Å². The molecule has 1 saturated heterocycles. The van der Waals surface area contributed by atoms with E-state index in [4.69, 9.17) is 4.74 Å². The molecule has 104 valence electrons. The Hall–Kier alpha value is -2.86. The second kappa shape index (κ2) is 4.07. The van der Waals surface area contributed by atoms with E-state index in [0.717, 1.165) is 0 Å². The van der Waals surface area contributed by atoms with Gasteiger partial charge in [0, 0.05) is 5.92 Å². The van der Waals surface area contributed by atoms with Gasteiger partial charge in [-0.2, -0.15) is 10.5 Å². The zero-order valence-electron chi connectivity index (χ0n) is 11.2. The Balaban J connectivity index is 2.05. The highest BCUT2D eigenvalue weighted by atomic mass is 16.5. The molecule has 2 amide bonds. The lowest BCUT2D eigenvalue weighted by molar-refractivity contribution is -0.128. The highest BCUT2D eigenvalue weighted by Crippen LogP contribution is 2.76. The number of amides is 2. The van der Waals surface area contributed by atoms with E-state index in [9.17, 15) is 20.1 Å². The topological polar surface area (TPSA) is 103 Å². The molecule has 2 fully saturated rings. The lowest BCUT2D eigenvalue weighted by Crippen LogP contribution is -2.31. The van der Waals surface area contributed by atoms with Gasteiger partial charge in [0.05, 0.1) is 18.7 Å². The summed E-state index contributed by atoms with van der Waals surface area (Å²) in [6.45, 7) is 2.38. The van der Waals surface area contributed by atoms with E-state index in [1.54, 1.807) is 24.3 Å². The molecular weight excluding hydrogens is 270 g/mol. The number of ether oxygens (including phenoxy) is 1. The van der Waals surface area contributed by atoms with Crippen molar-refractivity contribution < 1.29 is 14.3 Å². The maximum absolute atomic E-state index is 12.0. The zero-order chi connectivity index (χ0) is 15.3. The fourth-order valence-corrected chi connectivity index (χ4v) is 3.23. The van der Waals surface area contributed by atoms with Gasteiger partial charge in [0.15, 0.2) is 10.8 Å². The third-order valence-corrected chi connectivity index (χ3v) is 4.23. The number of nitriles is 2. The molecule has 1 saturated carbocycles. The van der Waals surface area contributed by atoms with Crippen molar-refractivity contribution in [2.75, 3.05) is 6.61 Å². The van der Waals surface area contributed by atoms with Crippen LogP contribution in [-0.2, 0) is 9.59 Å². The predicted octanol–water partition coefficient (Wildman–Crippen LogP) is 0.859. The first kappa shape index (κ1) is 13.1. The van der Waals surface area contributed by atoms with E-state index in [1.165, 1.54) is 0 Å². The smallest absolute Gasteiger partial charge is 0.250 e. The summed E-state index contributed by atoms with van der Waals surface area (Å²) in [6.07, 6.45) is 0. The number of rotatable bonds is 3. The molecule has 3 atom stereocenters. The molecule has 0 spiro atoms. The van der Waals surface area contributed by atoms with Crippen LogP contribution in [0.3, 0.4) is 0 Å². The Morgan fingerprint density at radius 2 is 1.67 bits per heavy atom. The molecule has 6 nitrogen and oxygen atoms in total. The minimum Gasteiger partial charge on any atom is -0.494 e. The van der Waals surface area contributed by atoms with E-state index >= 15 is 0 Å². The van der Waals surface area contributed by atoms with Gasteiger partial charge in [0.1, 0.15) is 5.75 Å². The molecule has 1 aromatic carbocycles. The summed E-state index contributed by atoms with van der Waals surface area (Å²) in [6, 6.07) is 10.6. The van der Waals surface area contributed by atoms with Gasteiger partial charge >= 0.3 is 0 Å². The van der Waals surface area contributed by atoms with Crippen molar-refractivity contribution >= 4 is 11.8 Å². The van der Waals surface area contributed by atoms with Crippen molar-refractivity contribution in [2.24, 2.45) is 10.8 Å². The fraction of sp³-hybridized carbons (Fsp3) is 0.333. The number of nitrogens with zero attached hydrogens (tertiary/aromatic N) is 2. The van der Waals surface area contributed by atoms with Crippen LogP contribution in [0.15, 0.2) is 24.3 Å². The van der Waals surface area contributed by atoms with Crippen LogP contribution < -0.4 is 10.1 Å². The molecule has 2 aliphatic rings. The number of benzene rings is 1. The van der Waals surface area contributed by atoms with E-state index in [2.05, 4.69) is 5.32 Å². The molecule has 1 unspecified atom stereocenters.